The molecule has 0 bridgehead atoms. The highest BCUT2D eigenvalue weighted by atomic mass is 32.2. The number of carbonyl (C=O) groups excluding carboxylic acids is 2. The number of aromatic nitrogens is 6. The molecule has 19 heteroatoms. The van der Waals surface area contributed by atoms with Crippen LogP contribution in [0.2, 0.25) is 0 Å². The van der Waals surface area contributed by atoms with E-state index in [9.17, 15) is 19.5 Å². The van der Waals surface area contributed by atoms with Crippen LogP contribution in [0.5, 0.6) is 0 Å². The molecule has 0 saturated carbocycles. The van der Waals surface area contributed by atoms with Gasteiger partial charge < -0.3 is 25.5 Å². The highest BCUT2D eigenvalue weighted by Crippen LogP contribution is 2.41. The van der Waals surface area contributed by atoms with Crippen LogP contribution in [0.3, 0.4) is 0 Å². The van der Waals surface area contributed by atoms with E-state index >= 15 is 0 Å². The molecule has 2 aliphatic rings. The van der Waals surface area contributed by atoms with E-state index in [1.54, 1.807) is 12.1 Å². The molecule has 2 aliphatic heterocycles. The van der Waals surface area contributed by atoms with E-state index in [1.165, 1.54) is 44.7 Å². The van der Waals surface area contributed by atoms with Crippen LogP contribution < -0.4 is 11.1 Å². The first-order chi connectivity index (χ1) is 19.4. The monoisotopic (exact) mass is 604 g/mol. The number of carbonyl (C=O) groups is 3. The van der Waals surface area contributed by atoms with Gasteiger partial charge in [-0.2, -0.15) is 0 Å². The van der Waals surface area contributed by atoms with Crippen LogP contribution in [0.25, 0.3) is 0 Å². The Morgan fingerprint density at radius 1 is 1.45 bits per heavy atom. The maximum atomic E-state index is 13.2. The molecule has 2 atom stereocenters. The molecule has 5 heterocycles. The Bertz CT molecular complexity index is 1500. The third-order valence-electron chi connectivity index (χ3n) is 5.55. The molecule has 1 fully saturated rings. The van der Waals surface area contributed by atoms with Gasteiger partial charge in [0, 0.05) is 23.0 Å². The van der Waals surface area contributed by atoms with Crippen molar-refractivity contribution >= 4 is 63.5 Å². The molecule has 1 saturated heterocycles. The van der Waals surface area contributed by atoms with Gasteiger partial charge in [-0.15, -0.1) is 34.8 Å². The minimum atomic E-state index is -1.24. The second kappa shape index (κ2) is 11.9. The third kappa shape index (κ3) is 5.56. The number of hydrogen-bond acceptors (Lipinski definition) is 15. The highest BCUT2D eigenvalue weighted by Gasteiger charge is 2.54. The number of nitrogens with two attached hydrogens (primary N) is 1. The van der Waals surface area contributed by atoms with Gasteiger partial charge in [0.25, 0.3) is 11.8 Å². The topological polar surface area (TPSA) is 217 Å². The summed E-state index contributed by atoms with van der Waals surface area (Å²) in [7, 11) is 0. The summed E-state index contributed by atoms with van der Waals surface area (Å²) < 4.78 is 6.27. The number of rotatable bonds is 12. The molecule has 0 aromatic carbocycles. The van der Waals surface area contributed by atoms with Gasteiger partial charge in [-0.1, -0.05) is 28.2 Å². The fourth-order valence-corrected chi connectivity index (χ4v) is 6.69. The first-order valence-electron chi connectivity index (χ1n) is 11.4. The van der Waals surface area contributed by atoms with Crippen LogP contribution >= 0.6 is 34.9 Å². The largest absolute Gasteiger partial charge is 0.477 e. The minimum absolute atomic E-state index is 0.0744. The number of nitrogens with zero attached hydrogens (tertiary/aromatic N) is 8. The molecule has 208 valence electrons. The lowest BCUT2D eigenvalue weighted by Crippen LogP contribution is -2.71. The number of aliphatic carboxylic acids is 1. The zero-order chi connectivity index (χ0) is 28.2. The standard InChI is InChI=1S/C21H20N10O6S3/c1-2-4-30-21(25-28-29-30)40-8-10-7-38-18-14(17(33)31(18)15(10)19(34)35)24-16(32)13(12-9-39-20(22)23-12)27-37-6-11-3-5-36-26-11/h2-3,5,9,14,18H,1,4,6-8H2,(H2,22,23)(H,24,32)(H,34,35)/t14?,18-/m1/s1. The Kier molecular flexibility index (Phi) is 8.12. The van der Waals surface area contributed by atoms with Crippen LogP contribution in [-0.2, 0) is 32.4 Å². The molecule has 0 aliphatic carbocycles. The van der Waals surface area contributed by atoms with Crippen LogP contribution in [0, 0.1) is 0 Å². The minimum Gasteiger partial charge on any atom is -0.477 e. The van der Waals surface area contributed by atoms with Gasteiger partial charge >= 0.3 is 5.97 Å². The number of allylic oxidation sites excluding steroid dienone is 1. The predicted octanol–water partition coefficient (Wildman–Crippen LogP) is 0.338. The van der Waals surface area contributed by atoms with Gasteiger partial charge in [0.2, 0.25) is 5.16 Å². The number of nitrogens with one attached hydrogen (secondary N) is 1. The fraction of sp³-hybridized carbons (Fsp3) is 0.286. The van der Waals surface area contributed by atoms with Crippen molar-refractivity contribution in [1.29, 1.82) is 0 Å². The molecule has 0 radical (unpaired) electrons. The molecule has 16 nitrogen and oxygen atoms in total. The van der Waals surface area contributed by atoms with Crippen molar-refractivity contribution in [2.24, 2.45) is 5.16 Å². The Balaban J connectivity index is 1.29. The molecule has 40 heavy (non-hydrogen) atoms. The lowest BCUT2D eigenvalue weighted by atomic mass is 10.0. The summed E-state index contributed by atoms with van der Waals surface area (Å²) in [6.45, 7) is 3.98. The van der Waals surface area contributed by atoms with Crippen LogP contribution in [0.4, 0.5) is 5.13 Å². The van der Waals surface area contributed by atoms with Crippen LogP contribution in [-0.4, -0.2) is 86.8 Å². The number of carboxylic acids is 1. The van der Waals surface area contributed by atoms with Crippen molar-refractivity contribution in [2.45, 2.75) is 29.7 Å². The van der Waals surface area contributed by atoms with Gasteiger partial charge in [-0.3, -0.25) is 14.5 Å². The zero-order valence-electron chi connectivity index (χ0n) is 20.4. The molecule has 4 N–H and O–H groups in total. The Morgan fingerprint density at radius 3 is 3.00 bits per heavy atom. The van der Waals surface area contributed by atoms with E-state index in [-0.39, 0.29) is 34.6 Å². The van der Waals surface area contributed by atoms with Gasteiger partial charge in [0.05, 0.1) is 6.54 Å². The summed E-state index contributed by atoms with van der Waals surface area (Å²) in [6.07, 6.45) is 3.00. The van der Waals surface area contributed by atoms with E-state index in [1.807, 2.05) is 0 Å². The highest BCUT2D eigenvalue weighted by molar-refractivity contribution is 8.01. The zero-order valence-corrected chi connectivity index (χ0v) is 22.8. The molecular weight excluding hydrogens is 584 g/mol. The number of nitrogen functional groups attached to an aromatic ring is 1. The normalized spacial score (nSPS) is 18.8. The molecule has 3 aromatic heterocycles. The second-order valence-corrected chi connectivity index (χ2v) is 11.1. The number of tetrazole rings is 1. The van der Waals surface area contributed by atoms with Gasteiger partial charge in [0.1, 0.15) is 34.8 Å². The quantitative estimate of drug-likeness (QED) is 0.0835. The number of amides is 2. The second-order valence-electron chi connectivity index (χ2n) is 8.11. The van der Waals surface area contributed by atoms with Gasteiger partial charge in [0.15, 0.2) is 17.5 Å². The number of thiazole rings is 1. The van der Waals surface area contributed by atoms with Gasteiger partial charge in [-0.25, -0.2) is 14.5 Å². The van der Waals surface area contributed by atoms with Crippen molar-refractivity contribution in [1.82, 2.24) is 40.6 Å². The predicted molar refractivity (Wildman–Crippen MR) is 143 cm³/mol. The molecule has 0 spiro atoms. The van der Waals surface area contributed by atoms with E-state index < -0.39 is 29.2 Å². The summed E-state index contributed by atoms with van der Waals surface area (Å²) in [6, 6.07) is 0.583. The summed E-state index contributed by atoms with van der Waals surface area (Å²) in [5.41, 5.74) is 6.54. The van der Waals surface area contributed by atoms with Crippen molar-refractivity contribution in [3.05, 3.63) is 53.0 Å². The molecule has 2 amide bonds. The summed E-state index contributed by atoms with van der Waals surface area (Å²) >= 11 is 3.69. The summed E-state index contributed by atoms with van der Waals surface area (Å²) in [5, 5.41) is 33.2. The smallest absolute Gasteiger partial charge is 0.352 e. The maximum Gasteiger partial charge on any atom is 0.352 e. The molecule has 3 aromatic rings. The molecular formula is C21H20N10O6S3. The molecule has 1 unspecified atom stereocenters. The van der Waals surface area contributed by atoms with Crippen molar-refractivity contribution in [2.75, 3.05) is 17.2 Å². The first-order valence-corrected chi connectivity index (χ1v) is 14.3. The first kappa shape index (κ1) is 27.3. The summed E-state index contributed by atoms with van der Waals surface area (Å²) in [5.74, 6) is -1.97. The number of oxime groups is 1. The van der Waals surface area contributed by atoms with E-state index in [0.717, 1.165) is 11.3 Å². The van der Waals surface area contributed by atoms with Crippen LogP contribution in [0.15, 0.2) is 56.5 Å². The van der Waals surface area contributed by atoms with E-state index in [4.69, 9.17) is 15.1 Å². The van der Waals surface area contributed by atoms with E-state index in [2.05, 4.69) is 42.7 Å². The number of anilines is 1. The number of fused-ring (bicyclic) bond motifs is 1. The maximum absolute atomic E-state index is 13.2. The number of carboxylic acid groups (broad SMARTS) is 1. The van der Waals surface area contributed by atoms with Crippen molar-refractivity contribution < 1.29 is 28.9 Å². The number of thioether (sulfide) groups is 2. The van der Waals surface area contributed by atoms with E-state index in [0.29, 0.717) is 28.7 Å². The number of β-lactam (4-membered cyclic amide) rings is 1. The average Bonchev–Trinajstić information content (AvgIpc) is 3.71. The summed E-state index contributed by atoms with van der Waals surface area (Å²) in [4.78, 5) is 49.0. The number of hydrogen-bond donors (Lipinski definition) is 3. The SMILES string of the molecule is C=CCn1nnnc1SCC1=C(C(=O)O)N2C(=O)C(NC(=O)C(=NOCc3ccon3)c3csc(N)n3)[C@H]2SC1. The lowest BCUT2D eigenvalue weighted by Gasteiger charge is -2.49. The van der Waals surface area contributed by atoms with Crippen LogP contribution in [0.1, 0.15) is 11.4 Å². The molecule has 5 rings (SSSR count). The Hall–Kier alpha value is -4.23. The third-order valence-corrected chi connectivity index (χ3v) is 8.61. The Morgan fingerprint density at radius 2 is 2.30 bits per heavy atom. The van der Waals surface area contributed by atoms with Crippen molar-refractivity contribution in [3.63, 3.8) is 0 Å². The average molecular weight is 605 g/mol. The lowest BCUT2D eigenvalue weighted by molar-refractivity contribution is -0.150. The fourth-order valence-electron chi connectivity index (χ4n) is 3.77. The Labute approximate surface area is 237 Å². The van der Waals surface area contributed by atoms with Crippen molar-refractivity contribution in [3.8, 4) is 0 Å². The van der Waals surface area contributed by atoms with Gasteiger partial charge in [-0.05, 0) is 16.0 Å².